The van der Waals surface area contributed by atoms with Crippen molar-refractivity contribution in [3.63, 3.8) is 0 Å². The largest absolute Gasteiger partial charge is 0.433 e. The first-order valence-corrected chi connectivity index (χ1v) is 5.45. The van der Waals surface area contributed by atoms with Crippen LogP contribution in [0.3, 0.4) is 0 Å². The second-order valence-corrected chi connectivity index (χ2v) is 4.52. The van der Waals surface area contributed by atoms with Crippen LogP contribution in [0.1, 0.15) is 5.69 Å². The minimum atomic E-state index is -4.57. The molecule has 1 aromatic heterocycles. The highest BCUT2D eigenvalue weighted by atomic mass is 35.5. The highest BCUT2D eigenvalue weighted by Crippen LogP contribution is 2.36. The van der Waals surface area contributed by atoms with Gasteiger partial charge in [0.2, 0.25) is 0 Å². The van der Waals surface area contributed by atoms with E-state index in [9.17, 15) is 13.2 Å². The van der Waals surface area contributed by atoms with Crippen molar-refractivity contribution >= 4 is 45.7 Å². The van der Waals surface area contributed by atoms with Crippen molar-refractivity contribution in [1.82, 2.24) is 4.98 Å². The van der Waals surface area contributed by atoms with E-state index in [4.69, 9.17) is 34.8 Å². The van der Waals surface area contributed by atoms with Gasteiger partial charge in [0.1, 0.15) is 5.69 Å². The molecule has 17 heavy (non-hydrogen) atoms. The van der Waals surface area contributed by atoms with Crippen molar-refractivity contribution in [2.24, 2.45) is 0 Å². The van der Waals surface area contributed by atoms with Gasteiger partial charge in [-0.3, -0.25) is 0 Å². The van der Waals surface area contributed by atoms with E-state index < -0.39 is 11.9 Å². The van der Waals surface area contributed by atoms with E-state index in [0.29, 0.717) is 0 Å². The van der Waals surface area contributed by atoms with E-state index in [-0.39, 0.29) is 26.0 Å². The maximum atomic E-state index is 12.5. The average Bonchev–Trinajstić information content (AvgIpc) is 2.17. The minimum Gasteiger partial charge on any atom is -0.242 e. The normalized spacial score (nSPS) is 12.1. The summed E-state index contributed by atoms with van der Waals surface area (Å²) in [6.07, 6.45) is -4.57. The van der Waals surface area contributed by atoms with Crippen molar-refractivity contribution < 1.29 is 13.2 Å². The number of nitrogens with zero attached hydrogens (tertiary/aromatic N) is 1. The molecule has 0 N–H and O–H groups in total. The molecule has 0 aliphatic carbocycles. The number of fused-ring (bicyclic) bond motifs is 1. The Morgan fingerprint density at radius 3 is 2.18 bits per heavy atom. The summed E-state index contributed by atoms with van der Waals surface area (Å²) in [5.41, 5.74) is -1.10. The summed E-state index contributed by atoms with van der Waals surface area (Å²) in [5, 5.41) is 0.510. The molecule has 0 bridgehead atoms. The van der Waals surface area contributed by atoms with Gasteiger partial charge >= 0.3 is 6.18 Å². The molecule has 0 spiro atoms. The third-order valence-corrected chi connectivity index (χ3v) is 2.89. The van der Waals surface area contributed by atoms with Crippen LogP contribution in [0.25, 0.3) is 10.9 Å². The molecular weight excluding hydrogens is 297 g/mol. The first kappa shape index (κ1) is 12.7. The van der Waals surface area contributed by atoms with Crippen LogP contribution in [0.2, 0.25) is 15.1 Å². The molecule has 0 saturated carbocycles. The van der Waals surface area contributed by atoms with Crippen molar-refractivity contribution in [3.8, 4) is 0 Å². The van der Waals surface area contributed by atoms with Gasteiger partial charge in [-0.15, -0.1) is 0 Å². The molecule has 7 heteroatoms. The number of alkyl halides is 3. The Bertz CT molecular complexity index is 595. The molecule has 0 fully saturated rings. The standard InChI is InChI=1S/C10H3Cl3F3N/c11-4-1-5-6(12)3-8(10(14,15)16)17-9(5)7(13)2-4/h1-3H. The van der Waals surface area contributed by atoms with Gasteiger partial charge in [-0.2, -0.15) is 13.2 Å². The molecule has 1 aromatic carbocycles. The Labute approximate surface area is 109 Å². The van der Waals surface area contributed by atoms with Crippen LogP contribution < -0.4 is 0 Å². The Hall–Kier alpha value is -0.710. The Morgan fingerprint density at radius 2 is 1.59 bits per heavy atom. The van der Waals surface area contributed by atoms with E-state index in [1.54, 1.807) is 0 Å². The maximum absolute atomic E-state index is 12.5. The number of halogens is 6. The molecule has 90 valence electrons. The third-order valence-electron chi connectivity index (χ3n) is 2.07. The van der Waals surface area contributed by atoms with E-state index in [0.717, 1.165) is 6.07 Å². The monoisotopic (exact) mass is 299 g/mol. The lowest BCUT2D eigenvalue weighted by molar-refractivity contribution is -0.140. The first-order chi connectivity index (χ1) is 7.79. The van der Waals surface area contributed by atoms with Crippen molar-refractivity contribution in [2.75, 3.05) is 0 Å². The average molecular weight is 300 g/mol. The van der Waals surface area contributed by atoms with Gasteiger partial charge in [0.25, 0.3) is 0 Å². The number of benzene rings is 1. The zero-order valence-corrected chi connectivity index (χ0v) is 10.2. The quantitative estimate of drug-likeness (QED) is 0.650. The summed E-state index contributed by atoms with van der Waals surface area (Å²) in [5.74, 6) is 0. The van der Waals surface area contributed by atoms with Gasteiger partial charge < -0.3 is 0 Å². The summed E-state index contributed by atoms with van der Waals surface area (Å²) in [6, 6.07) is 3.48. The van der Waals surface area contributed by atoms with Crippen LogP contribution in [-0.4, -0.2) is 4.98 Å². The summed E-state index contributed by atoms with van der Waals surface area (Å²) < 4.78 is 37.5. The minimum absolute atomic E-state index is 0.0177. The molecule has 2 aromatic rings. The molecule has 0 aliphatic heterocycles. The number of hydrogen-bond acceptors (Lipinski definition) is 1. The molecule has 0 radical (unpaired) electrons. The van der Waals surface area contributed by atoms with Crippen LogP contribution in [0.5, 0.6) is 0 Å². The fourth-order valence-corrected chi connectivity index (χ4v) is 2.14. The smallest absolute Gasteiger partial charge is 0.242 e. The molecule has 0 amide bonds. The highest BCUT2D eigenvalue weighted by Gasteiger charge is 2.33. The van der Waals surface area contributed by atoms with Crippen molar-refractivity contribution in [1.29, 1.82) is 0 Å². The Balaban J connectivity index is 2.83. The predicted molar refractivity (Wildman–Crippen MR) is 61.8 cm³/mol. The maximum Gasteiger partial charge on any atom is 0.433 e. The SMILES string of the molecule is FC(F)(F)c1cc(Cl)c2cc(Cl)cc(Cl)c2n1. The van der Waals surface area contributed by atoms with Crippen LogP contribution in [-0.2, 0) is 6.18 Å². The molecule has 1 nitrogen and oxygen atoms in total. The highest BCUT2D eigenvalue weighted by molar-refractivity contribution is 6.41. The molecular formula is C10H3Cl3F3N. The molecule has 0 unspecified atom stereocenters. The fraction of sp³-hybridized carbons (Fsp3) is 0.100. The second-order valence-electron chi connectivity index (χ2n) is 3.27. The molecule has 2 rings (SSSR count). The van der Waals surface area contributed by atoms with Crippen LogP contribution in [0, 0.1) is 0 Å². The van der Waals surface area contributed by atoms with Gasteiger partial charge in [-0.05, 0) is 18.2 Å². The molecule has 0 saturated heterocycles. The number of hydrogen-bond donors (Lipinski definition) is 0. The number of rotatable bonds is 0. The van der Waals surface area contributed by atoms with Gasteiger partial charge in [-0.1, -0.05) is 34.8 Å². The number of aromatic nitrogens is 1. The lowest BCUT2D eigenvalue weighted by atomic mass is 10.2. The summed E-state index contributed by atoms with van der Waals surface area (Å²) in [7, 11) is 0. The van der Waals surface area contributed by atoms with Crippen LogP contribution in [0.4, 0.5) is 13.2 Å². The van der Waals surface area contributed by atoms with Gasteiger partial charge in [0.05, 0.1) is 15.6 Å². The zero-order valence-electron chi connectivity index (χ0n) is 7.95. The third kappa shape index (κ3) is 2.44. The zero-order chi connectivity index (χ0) is 12.8. The van der Waals surface area contributed by atoms with Gasteiger partial charge in [0.15, 0.2) is 0 Å². The fourth-order valence-electron chi connectivity index (χ4n) is 1.36. The van der Waals surface area contributed by atoms with Crippen molar-refractivity contribution in [3.05, 3.63) is 39.0 Å². The van der Waals surface area contributed by atoms with E-state index in [1.807, 2.05) is 0 Å². The summed E-state index contributed by atoms with van der Waals surface area (Å²) in [6.45, 7) is 0. The second kappa shape index (κ2) is 4.19. The first-order valence-electron chi connectivity index (χ1n) is 4.31. The number of pyridine rings is 1. The van der Waals surface area contributed by atoms with E-state index in [2.05, 4.69) is 4.98 Å². The van der Waals surface area contributed by atoms with Gasteiger partial charge in [0, 0.05) is 10.4 Å². The molecule has 1 heterocycles. The lowest BCUT2D eigenvalue weighted by Crippen LogP contribution is -2.08. The van der Waals surface area contributed by atoms with E-state index in [1.165, 1.54) is 12.1 Å². The summed E-state index contributed by atoms with van der Waals surface area (Å²) in [4.78, 5) is 3.45. The topological polar surface area (TPSA) is 12.9 Å². The lowest BCUT2D eigenvalue weighted by Gasteiger charge is -2.09. The molecule has 0 atom stereocenters. The predicted octanol–water partition coefficient (Wildman–Crippen LogP) is 5.21. The Morgan fingerprint density at radius 1 is 0.941 bits per heavy atom. The van der Waals surface area contributed by atoms with Crippen LogP contribution in [0.15, 0.2) is 18.2 Å². The molecule has 0 aliphatic rings. The van der Waals surface area contributed by atoms with Crippen molar-refractivity contribution in [2.45, 2.75) is 6.18 Å². The van der Waals surface area contributed by atoms with E-state index >= 15 is 0 Å². The summed E-state index contributed by atoms with van der Waals surface area (Å²) >= 11 is 17.3. The van der Waals surface area contributed by atoms with Crippen LogP contribution >= 0.6 is 34.8 Å². The van der Waals surface area contributed by atoms with Gasteiger partial charge in [-0.25, -0.2) is 4.98 Å². The Kier molecular flexibility index (Phi) is 3.14.